The fraction of sp³-hybridized carbons (Fsp3) is 0.818. The van der Waals surface area contributed by atoms with Crippen LogP contribution in [0.2, 0.25) is 0 Å². The van der Waals surface area contributed by atoms with Crippen molar-refractivity contribution in [3.8, 4) is 0 Å². The predicted molar refractivity (Wildman–Crippen MR) is 65.5 cm³/mol. The van der Waals surface area contributed by atoms with E-state index in [2.05, 4.69) is 22.5 Å². The maximum absolute atomic E-state index is 11.5. The van der Waals surface area contributed by atoms with Gasteiger partial charge in [-0.3, -0.25) is 15.0 Å². The Kier molecular flexibility index (Phi) is 5.93. The van der Waals surface area contributed by atoms with Gasteiger partial charge in [-0.05, 0) is 25.9 Å². The summed E-state index contributed by atoms with van der Waals surface area (Å²) >= 11 is 0. The maximum atomic E-state index is 11.5. The molecule has 6 nitrogen and oxygen atoms in total. The molecule has 1 rings (SSSR count). The zero-order valence-corrected chi connectivity index (χ0v) is 10.4. The Morgan fingerprint density at radius 2 is 2.18 bits per heavy atom. The highest BCUT2D eigenvalue weighted by molar-refractivity contribution is 5.94. The van der Waals surface area contributed by atoms with Crippen LogP contribution < -0.4 is 16.4 Å². The first-order valence-corrected chi connectivity index (χ1v) is 6.17. The molecule has 1 unspecified atom stereocenters. The topological polar surface area (TPSA) is 87.5 Å². The number of rotatable bonds is 5. The molecule has 98 valence electrons. The second-order valence-corrected chi connectivity index (χ2v) is 4.34. The third kappa shape index (κ3) is 5.14. The molecule has 0 saturated carbocycles. The van der Waals surface area contributed by atoms with E-state index in [4.69, 9.17) is 5.73 Å². The van der Waals surface area contributed by atoms with E-state index < -0.39 is 6.03 Å². The van der Waals surface area contributed by atoms with E-state index in [-0.39, 0.29) is 12.5 Å². The first-order valence-electron chi connectivity index (χ1n) is 6.17. The van der Waals surface area contributed by atoms with Gasteiger partial charge >= 0.3 is 6.03 Å². The molecule has 1 saturated heterocycles. The minimum absolute atomic E-state index is 0.249. The number of urea groups is 1. The van der Waals surface area contributed by atoms with Crippen molar-refractivity contribution in [3.63, 3.8) is 0 Å². The number of hydrogen-bond acceptors (Lipinski definition) is 4. The van der Waals surface area contributed by atoms with Crippen LogP contribution in [-0.2, 0) is 4.79 Å². The van der Waals surface area contributed by atoms with E-state index in [0.29, 0.717) is 6.04 Å². The molecular formula is C11H22N4O2. The molecule has 6 heteroatoms. The Balaban J connectivity index is 2.41. The largest absolute Gasteiger partial charge is 0.351 e. The van der Waals surface area contributed by atoms with Gasteiger partial charge in [0.15, 0.2) is 0 Å². The molecule has 0 aromatic carbocycles. The van der Waals surface area contributed by atoms with Gasteiger partial charge in [-0.15, -0.1) is 0 Å². The first kappa shape index (κ1) is 13.9. The van der Waals surface area contributed by atoms with Crippen LogP contribution in [0, 0.1) is 0 Å². The average Bonchev–Trinajstić information content (AvgIpc) is 2.26. The number of hydrogen-bond donors (Lipinski definition) is 3. The molecule has 3 amide bonds. The van der Waals surface area contributed by atoms with Gasteiger partial charge < -0.3 is 11.1 Å². The van der Waals surface area contributed by atoms with Crippen LogP contribution in [0.3, 0.4) is 0 Å². The van der Waals surface area contributed by atoms with Crippen molar-refractivity contribution in [1.82, 2.24) is 15.5 Å². The van der Waals surface area contributed by atoms with Gasteiger partial charge in [0.1, 0.15) is 0 Å². The smallest absolute Gasteiger partial charge is 0.318 e. The molecule has 0 aromatic rings. The number of piperidine rings is 1. The number of primary amides is 1. The standard InChI is InChI=1S/C11H22N4O2/c1-2-13-7-9-5-3-4-6-15(9)8-10(16)14-11(12)17/h9,13H,2-8H2,1H3,(H3,12,14,16,17). The summed E-state index contributed by atoms with van der Waals surface area (Å²) in [5.41, 5.74) is 4.91. The number of nitrogens with two attached hydrogens (primary N) is 1. The van der Waals surface area contributed by atoms with Crippen LogP contribution >= 0.6 is 0 Å². The average molecular weight is 242 g/mol. The van der Waals surface area contributed by atoms with Crippen molar-refractivity contribution in [1.29, 1.82) is 0 Å². The van der Waals surface area contributed by atoms with Crippen LogP contribution in [0.5, 0.6) is 0 Å². The Bertz CT molecular complexity index is 270. The van der Waals surface area contributed by atoms with Crippen molar-refractivity contribution >= 4 is 11.9 Å². The zero-order chi connectivity index (χ0) is 12.7. The number of imide groups is 1. The van der Waals surface area contributed by atoms with Gasteiger partial charge in [-0.25, -0.2) is 4.79 Å². The highest BCUT2D eigenvalue weighted by atomic mass is 16.2. The lowest BCUT2D eigenvalue weighted by Crippen LogP contribution is -2.50. The van der Waals surface area contributed by atoms with Crippen molar-refractivity contribution in [2.45, 2.75) is 32.2 Å². The molecule has 0 bridgehead atoms. The summed E-state index contributed by atoms with van der Waals surface area (Å²) in [7, 11) is 0. The minimum atomic E-state index is -0.782. The summed E-state index contributed by atoms with van der Waals surface area (Å²) in [5.74, 6) is -0.319. The number of amides is 3. The van der Waals surface area contributed by atoms with E-state index in [1.54, 1.807) is 0 Å². The monoisotopic (exact) mass is 242 g/mol. The van der Waals surface area contributed by atoms with Crippen molar-refractivity contribution in [2.75, 3.05) is 26.2 Å². The Labute approximate surface area is 102 Å². The number of carbonyl (C=O) groups excluding carboxylic acids is 2. The fourth-order valence-electron chi connectivity index (χ4n) is 2.17. The van der Waals surface area contributed by atoms with Gasteiger partial charge in [0.25, 0.3) is 0 Å². The van der Waals surface area contributed by atoms with E-state index in [9.17, 15) is 9.59 Å². The zero-order valence-electron chi connectivity index (χ0n) is 10.4. The summed E-state index contributed by atoms with van der Waals surface area (Å²) in [6.07, 6.45) is 3.40. The number of carbonyl (C=O) groups is 2. The van der Waals surface area contributed by atoms with E-state index >= 15 is 0 Å². The molecular weight excluding hydrogens is 220 g/mol. The van der Waals surface area contributed by atoms with E-state index in [0.717, 1.165) is 32.5 Å². The van der Waals surface area contributed by atoms with Gasteiger partial charge in [0.05, 0.1) is 6.54 Å². The van der Waals surface area contributed by atoms with Gasteiger partial charge in [0, 0.05) is 12.6 Å². The van der Waals surface area contributed by atoms with Crippen LogP contribution in [0.4, 0.5) is 4.79 Å². The highest BCUT2D eigenvalue weighted by Crippen LogP contribution is 2.15. The Morgan fingerprint density at radius 1 is 1.41 bits per heavy atom. The van der Waals surface area contributed by atoms with Crippen LogP contribution in [0.25, 0.3) is 0 Å². The molecule has 1 aliphatic heterocycles. The predicted octanol–water partition coefficient (Wildman–Crippen LogP) is -0.355. The highest BCUT2D eigenvalue weighted by Gasteiger charge is 2.23. The third-order valence-corrected chi connectivity index (χ3v) is 2.99. The SMILES string of the molecule is CCNCC1CCCCN1CC(=O)NC(N)=O. The minimum Gasteiger partial charge on any atom is -0.351 e. The lowest BCUT2D eigenvalue weighted by atomic mass is 10.0. The molecule has 0 spiro atoms. The van der Waals surface area contributed by atoms with Crippen LogP contribution in [0.1, 0.15) is 26.2 Å². The number of likely N-dealkylation sites (N-methyl/N-ethyl adjacent to an activating group) is 1. The lowest BCUT2D eigenvalue weighted by Gasteiger charge is -2.35. The summed E-state index contributed by atoms with van der Waals surface area (Å²) in [5, 5.41) is 5.40. The van der Waals surface area contributed by atoms with Crippen molar-refractivity contribution in [2.24, 2.45) is 5.73 Å². The van der Waals surface area contributed by atoms with Crippen LogP contribution in [-0.4, -0.2) is 49.1 Å². The summed E-state index contributed by atoms with van der Waals surface area (Å²) in [4.78, 5) is 24.1. The van der Waals surface area contributed by atoms with E-state index in [1.807, 2.05) is 0 Å². The molecule has 0 aromatic heterocycles. The number of nitrogens with zero attached hydrogens (tertiary/aromatic N) is 1. The number of nitrogens with one attached hydrogen (secondary N) is 2. The first-order chi connectivity index (χ1) is 8.13. The Morgan fingerprint density at radius 3 is 2.82 bits per heavy atom. The molecule has 0 aliphatic carbocycles. The van der Waals surface area contributed by atoms with Crippen molar-refractivity contribution < 1.29 is 9.59 Å². The summed E-state index contributed by atoms with van der Waals surface area (Å²) in [6, 6.07) is -0.405. The lowest BCUT2D eigenvalue weighted by molar-refractivity contribution is -0.122. The number of likely N-dealkylation sites (tertiary alicyclic amines) is 1. The van der Waals surface area contributed by atoms with Crippen LogP contribution in [0.15, 0.2) is 0 Å². The normalized spacial score (nSPS) is 21.1. The van der Waals surface area contributed by atoms with Gasteiger partial charge in [0.2, 0.25) is 5.91 Å². The quantitative estimate of drug-likeness (QED) is 0.614. The van der Waals surface area contributed by atoms with Crippen molar-refractivity contribution in [3.05, 3.63) is 0 Å². The Hall–Kier alpha value is -1.14. The second-order valence-electron chi connectivity index (χ2n) is 4.34. The summed E-state index contributed by atoms with van der Waals surface area (Å²) in [6.45, 7) is 5.03. The third-order valence-electron chi connectivity index (χ3n) is 2.99. The van der Waals surface area contributed by atoms with Gasteiger partial charge in [-0.2, -0.15) is 0 Å². The molecule has 17 heavy (non-hydrogen) atoms. The fourth-order valence-corrected chi connectivity index (χ4v) is 2.17. The second kappa shape index (κ2) is 7.24. The van der Waals surface area contributed by atoms with E-state index in [1.165, 1.54) is 6.42 Å². The van der Waals surface area contributed by atoms with Gasteiger partial charge in [-0.1, -0.05) is 13.3 Å². The molecule has 0 radical (unpaired) electrons. The molecule has 1 heterocycles. The molecule has 1 aliphatic rings. The maximum Gasteiger partial charge on any atom is 0.318 e. The molecule has 1 atom stereocenters. The molecule has 1 fully saturated rings. The summed E-state index contributed by atoms with van der Waals surface area (Å²) < 4.78 is 0. The molecule has 4 N–H and O–H groups in total.